The lowest BCUT2D eigenvalue weighted by molar-refractivity contribution is -0.116. The number of hydrogen-bond donors (Lipinski definition) is 1. The maximum absolute atomic E-state index is 12.5. The van der Waals surface area contributed by atoms with E-state index in [-0.39, 0.29) is 18.0 Å². The van der Waals surface area contributed by atoms with Gasteiger partial charge in [-0.25, -0.2) is 4.98 Å². The number of anilines is 1. The fourth-order valence-electron chi connectivity index (χ4n) is 2.97. The lowest BCUT2D eigenvalue weighted by atomic mass is 10.2. The van der Waals surface area contributed by atoms with Crippen molar-refractivity contribution in [3.05, 3.63) is 58.2 Å². The number of benzene rings is 1. The monoisotopic (exact) mass is 393 g/mol. The minimum Gasteiger partial charge on any atom is -0.333 e. The Morgan fingerprint density at radius 3 is 3.00 bits per heavy atom. The van der Waals surface area contributed by atoms with Gasteiger partial charge in [-0.15, -0.1) is 11.3 Å². The highest BCUT2D eigenvalue weighted by atomic mass is 32.1. The first-order valence-corrected chi connectivity index (χ1v) is 9.72. The van der Waals surface area contributed by atoms with Gasteiger partial charge >= 0.3 is 0 Å². The molecule has 28 heavy (non-hydrogen) atoms. The molecule has 4 aromatic rings. The Morgan fingerprint density at radius 1 is 1.29 bits per heavy atom. The average molecular weight is 393 g/mol. The van der Waals surface area contributed by atoms with E-state index in [0.29, 0.717) is 33.3 Å². The SMILES string of the molecule is O=C(Cn1cnc2ccccc2c1=O)Nc1ccsc1-c1nc(C2CC2)no1. The molecule has 9 heteroatoms. The first-order chi connectivity index (χ1) is 13.7. The highest BCUT2D eigenvalue weighted by Crippen LogP contribution is 2.40. The average Bonchev–Trinajstić information content (AvgIpc) is 3.26. The maximum Gasteiger partial charge on any atom is 0.270 e. The summed E-state index contributed by atoms with van der Waals surface area (Å²) >= 11 is 1.41. The van der Waals surface area contributed by atoms with Crippen molar-refractivity contribution in [2.75, 3.05) is 5.32 Å². The lowest BCUT2D eigenvalue weighted by Gasteiger charge is -2.07. The fourth-order valence-corrected chi connectivity index (χ4v) is 3.74. The van der Waals surface area contributed by atoms with Crippen LogP contribution < -0.4 is 10.9 Å². The lowest BCUT2D eigenvalue weighted by Crippen LogP contribution is -2.27. The highest BCUT2D eigenvalue weighted by molar-refractivity contribution is 7.14. The molecule has 0 radical (unpaired) electrons. The van der Waals surface area contributed by atoms with Gasteiger partial charge in [0.1, 0.15) is 11.4 Å². The molecule has 3 heterocycles. The quantitative estimate of drug-likeness (QED) is 0.559. The molecule has 0 spiro atoms. The molecule has 0 saturated heterocycles. The Hall–Kier alpha value is -3.33. The van der Waals surface area contributed by atoms with E-state index in [2.05, 4.69) is 20.4 Å². The topological polar surface area (TPSA) is 103 Å². The Kier molecular flexibility index (Phi) is 4.01. The van der Waals surface area contributed by atoms with Crippen molar-refractivity contribution >= 4 is 33.8 Å². The molecular weight excluding hydrogens is 378 g/mol. The number of aromatic nitrogens is 4. The fraction of sp³-hybridized carbons (Fsp3) is 0.211. The second-order valence-corrected chi connectivity index (χ2v) is 7.55. The third kappa shape index (κ3) is 3.09. The van der Waals surface area contributed by atoms with Gasteiger partial charge in [0.2, 0.25) is 5.91 Å². The van der Waals surface area contributed by atoms with Gasteiger partial charge in [0.15, 0.2) is 5.82 Å². The molecule has 1 fully saturated rings. The number of carbonyl (C=O) groups is 1. The van der Waals surface area contributed by atoms with Crippen molar-refractivity contribution in [1.82, 2.24) is 19.7 Å². The van der Waals surface area contributed by atoms with E-state index < -0.39 is 0 Å². The summed E-state index contributed by atoms with van der Waals surface area (Å²) in [6, 6.07) is 8.83. The highest BCUT2D eigenvalue weighted by Gasteiger charge is 2.29. The molecule has 0 bridgehead atoms. The molecule has 0 atom stereocenters. The maximum atomic E-state index is 12.5. The number of carbonyl (C=O) groups excluding carboxylic acids is 1. The molecule has 1 saturated carbocycles. The summed E-state index contributed by atoms with van der Waals surface area (Å²) in [5.41, 5.74) is 0.937. The molecule has 1 aliphatic rings. The summed E-state index contributed by atoms with van der Waals surface area (Å²) in [5.74, 6) is 1.18. The van der Waals surface area contributed by atoms with Crippen LogP contribution in [0, 0.1) is 0 Å². The van der Waals surface area contributed by atoms with Crippen LogP contribution in [0.15, 0.2) is 51.4 Å². The van der Waals surface area contributed by atoms with Crippen molar-refractivity contribution in [2.24, 2.45) is 0 Å². The second kappa shape index (κ2) is 6.68. The van der Waals surface area contributed by atoms with Crippen molar-refractivity contribution in [3.8, 4) is 10.8 Å². The van der Waals surface area contributed by atoms with Crippen LogP contribution >= 0.6 is 11.3 Å². The first kappa shape index (κ1) is 16.8. The van der Waals surface area contributed by atoms with Gasteiger partial charge in [0.25, 0.3) is 11.4 Å². The predicted octanol–water partition coefficient (Wildman–Crippen LogP) is 3.02. The number of para-hydroxylation sites is 1. The number of amides is 1. The van der Waals surface area contributed by atoms with Crippen LogP contribution in [-0.2, 0) is 11.3 Å². The molecule has 0 unspecified atom stereocenters. The van der Waals surface area contributed by atoms with Crippen molar-refractivity contribution in [3.63, 3.8) is 0 Å². The van der Waals surface area contributed by atoms with Gasteiger partial charge in [-0.3, -0.25) is 14.2 Å². The summed E-state index contributed by atoms with van der Waals surface area (Å²) in [4.78, 5) is 34.4. The summed E-state index contributed by atoms with van der Waals surface area (Å²) in [6.07, 6.45) is 3.56. The van der Waals surface area contributed by atoms with E-state index in [1.54, 1.807) is 24.3 Å². The van der Waals surface area contributed by atoms with Crippen LogP contribution in [0.3, 0.4) is 0 Å². The van der Waals surface area contributed by atoms with E-state index in [1.165, 1.54) is 22.2 Å². The Labute approximate surface area is 162 Å². The molecule has 1 N–H and O–H groups in total. The summed E-state index contributed by atoms with van der Waals surface area (Å²) in [6.45, 7) is -0.136. The van der Waals surface area contributed by atoms with Crippen molar-refractivity contribution < 1.29 is 9.32 Å². The molecular formula is C19H15N5O3S. The minimum atomic E-state index is -0.333. The normalized spacial score (nSPS) is 13.7. The van der Waals surface area contributed by atoms with E-state index in [1.807, 2.05) is 11.4 Å². The molecule has 1 amide bonds. The zero-order valence-electron chi connectivity index (χ0n) is 14.7. The van der Waals surface area contributed by atoms with Crippen LogP contribution in [0.2, 0.25) is 0 Å². The van der Waals surface area contributed by atoms with E-state index >= 15 is 0 Å². The largest absolute Gasteiger partial charge is 0.333 e. The summed E-state index contributed by atoms with van der Waals surface area (Å²) in [7, 11) is 0. The number of nitrogens with one attached hydrogen (secondary N) is 1. The van der Waals surface area contributed by atoms with Crippen LogP contribution in [0.25, 0.3) is 21.7 Å². The van der Waals surface area contributed by atoms with E-state index in [4.69, 9.17) is 4.52 Å². The number of fused-ring (bicyclic) bond motifs is 1. The van der Waals surface area contributed by atoms with Gasteiger partial charge in [0, 0.05) is 5.92 Å². The Bertz CT molecular complexity index is 1240. The molecule has 0 aliphatic heterocycles. The number of nitrogens with zero attached hydrogens (tertiary/aromatic N) is 4. The zero-order valence-corrected chi connectivity index (χ0v) is 15.5. The standard InChI is InChI=1S/C19H15N5O3S/c25-15(9-24-10-20-13-4-2-1-3-12(13)19(24)26)21-14-7-8-28-16(14)18-22-17(23-27-18)11-5-6-11/h1-4,7-8,10-11H,5-6,9H2,(H,21,25). The van der Waals surface area contributed by atoms with Crippen LogP contribution in [0.5, 0.6) is 0 Å². The molecule has 1 aromatic carbocycles. The van der Waals surface area contributed by atoms with E-state index in [9.17, 15) is 9.59 Å². The van der Waals surface area contributed by atoms with Crippen LogP contribution in [0.1, 0.15) is 24.6 Å². The predicted molar refractivity (Wildman–Crippen MR) is 104 cm³/mol. The molecule has 1 aliphatic carbocycles. The van der Waals surface area contributed by atoms with Crippen LogP contribution in [0.4, 0.5) is 5.69 Å². The Morgan fingerprint density at radius 2 is 2.14 bits per heavy atom. The number of rotatable bonds is 5. The first-order valence-electron chi connectivity index (χ1n) is 8.84. The third-order valence-corrected chi connectivity index (χ3v) is 5.47. The summed E-state index contributed by atoms with van der Waals surface area (Å²) < 4.78 is 6.64. The molecule has 8 nitrogen and oxygen atoms in total. The Balaban J connectivity index is 1.36. The smallest absolute Gasteiger partial charge is 0.270 e. The van der Waals surface area contributed by atoms with Crippen LogP contribution in [-0.4, -0.2) is 25.6 Å². The van der Waals surface area contributed by atoms with Crippen molar-refractivity contribution in [1.29, 1.82) is 0 Å². The second-order valence-electron chi connectivity index (χ2n) is 6.64. The van der Waals surface area contributed by atoms with Gasteiger partial charge in [-0.05, 0) is 36.4 Å². The molecule has 3 aromatic heterocycles. The number of thiophene rings is 1. The van der Waals surface area contributed by atoms with Gasteiger partial charge in [-0.2, -0.15) is 4.98 Å². The number of hydrogen-bond acceptors (Lipinski definition) is 7. The zero-order chi connectivity index (χ0) is 19.1. The van der Waals surface area contributed by atoms with Gasteiger partial charge in [0.05, 0.1) is 22.9 Å². The van der Waals surface area contributed by atoms with E-state index in [0.717, 1.165) is 18.7 Å². The van der Waals surface area contributed by atoms with Gasteiger partial charge < -0.3 is 9.84 Å². The molecule has 5 rings (SSSR count). The summed E-state index contributed by atoms with van der Waals surface area (Å²) in [5, 5.41) is 9.16. The molecule has 140 valence electrons. The minimum absolute atomic E-state index is 0.136. The third-order valence-electron chi connectivity index (χ3n) is 4.56. The van der Waals surface area contributed by atoms with Gasteiger partial charge in [-0.1, -0.05) is 17.3 Å². The van der Waals surface area contributed by atoms with Crippen molar-refractivity contribution in [2.45, 2.75) is 25.3 Å².